The molecular formula is C40H28Cl5N7O3. The summed E-state index contributed by atoms with van der Waals surface area (Å²) in [5, 5.41) is 14.6. The molecule has 3 aromatic heterocycles. The van der Waals surface area contributed by atoms with Crippen LogP contribution >= 0.6 is 58.0 Å². The number of ether oxygens (including phenoxy) is 1. The van der Waals surface area contributed by atoms with E-state index >= 15 is 0 Å². The molecule has 0 atom stereocenters. The zero-order valence-electron chi connectivity index (χ0n) is 29.0. The number of amides is 1. The Hall–Kier alpha value is -5.36. The van der Waals surface area contributed by atoms with Gasteiger partial charge < -0.3 is 15.8 Å². The van der Waals surface area contributed by atoms with Gasteiger partial charge in [-0.3, -0.25) is 9.78 Å². The van der Waals surface area contributed by atoms with Crippen LogP contribution < -0.4 is 15.8 Å². The quantitative estimate of drug-likeness (QED) is 0.109. The highest BCUT2D eigenvalue weighted by atomic mass is 35.5. The molecule has 0 aliphatic rings. The fourth-order valence-electron chi connectivity index (χ4n) is 6.07. The van der Waals surface area contributed by atoms with Crippen LogP contribution in [0.4, 0.5) is 5.69 Å². The van der Waals surface area contributed by atoms with Gasteiger partial charge in [-0.15, -0.1) is 0 Å². The summed E-state index contributed by atoms with van der Waals surface area (Å²) >= 11 is 31.3. The molecule has 0 bridgehead atoms. The fourth-order valence-corrected chi connectivity index (χ4v) is 6.99. The van der Waals surface area contributed by atoms with E-state index in [9.17, 15) is 9.59 Å². The van der Waals surface area contributed by atoms with Crippen LogP contribution in [0.15, 0.2) is 103 Å². The first-order chi connectivity index (χ1) is 26.4. The van der Waals surface area contributed by atoms with Crippen molar-refractivity contribution in [1.82, 2.24) is 29.9 Å². The van der Waals surface area contributed by atoms with Crippen LogP contribution in [0.1, 0.15) is 37.7 Å². The maximum atomic E-state index is 13.9. The number of nitrogens with zero attached hydrogens (tertiary/aromatic N) is 5. The number of anilines is 1. The number of pyridine rings is 1. The van der Waals surface area contributed by atoms with Gasteiger partial charge in [-0.05, 0) is 80.6 Å². The van der Waals surface area contributed by atoms with Gasteiger partial charge >= 0.3 is 5.97 Å². The molecule has 7 rings (SSSR count). The Kier molecular flexibility index (Phi) is 10.9. The van der Waals surface area contributed by atoms with Crippen molar-refractivity contribution in [2.45, 2.75) is 20.4 Å². The first-order valence-corrected chi connectivity index (χ1v) is 18.4. The van der Waals surface area contributed by atoms with Gasteiger partial charge in [0.25, 0.3) is 5.91 Å². The highest BCUT2D eigenvalue weighted by Gasteiger charge is 2.27. The Morgan fingerprint density at radius 1 is 0.691 bits per heavy atom. The van der Waals surface area contributed by atoms with E-state index in [1.54, 1.807) is 89.9 Å². The predicted molar refractivity (Wildman–Crippen MR) is 217 cm³/mol. The molecule has 15 heteroatoms. The number of esters is 1. The summed E-state index contributed by atoms with van der Waals surface area (Å²) in [7, 11) is 0. The number of nitrogen functional groups attached to an aromatic ring is 1. The number of benzene rings is 4. The molecule has 55 heavy (non-hydrogen) atoms. The normalized spacial score (nSPS) is 11.1. The molecule has 10 nitrogen and oxygen atoms in total. The monoisotopic (exact) mass is 829 g/mol. The van der Waals surface area contributed by atoms with E-state index in [0.29, 0.717) is 70.3 Å². The van der Waals surface area contributed by atoms with Crippen molar-refractivity contribution in [3.63, 3.8) is 0 Å². The fraction of sp³-hybridized carbons (Fsp3) is 0.0750. The highest BCUT2D eigenvalue weighted by molar-refractivity contribution is 6.36. The lowest BCUT2D eigenvalue weighted by atomic mass is 10.1. The Labute approximate surface area is 340 Å². The van der Waals surface area contributed by atoms with E-state index in [-0.39, 0.29) is 23.7 Å². The summed E-state index contributed by atoms with van der Waals surface area (Å²) in [5.74, 6) is -1.10. The summed E-state index contributed by atoms with van der Waals surface area (Å²) in [6.45, 7) is 3.53. The number of nitrogens with two attached hydrogens (primary N) is 1. The zero-order valence-corrected chi connectivity index (χ0v) is 32.7. The van der Waals surface area contributed by atoms with Crippen LogP contribution in [0.25, 0.3) is 33.9 Å². The Balaban J connectivity index is 1.18. The third-order valence-electron chi connectivity index (χ3n) is 8.76. The number of aromatic nitrogens is 5. The van der Waals surface area contributed by atoms with Crippen molar-refractivity contribution in [3.05, 3.63) is 157 Å². The van der Waals surface area contributed by atoms with E-state index < -0.39 is 11.9 Å². The van der Waals surface area contributed by atoms with Crippen LogP contribution in [0.2, 0.25) is 25.1 Å². The van der Waals surface area contributed by atoms with Crippen LogP contribution in [0, 0.1) is 13.8 Å². The summed E-state index contributed by atoms with van der Waals surface area (Å²) in [6.07, 6.45) is 2.92. The van der Waals surface area contributed by atoms with E-state index in [0.717, 1.165) is 11.1 Å². The number of nitrogens with one attached hydrogen (secondary N) is 1. The van der Waals surface area contributed by atoms with Crippen LogP contribution in [-0.4, -0.2) is 36.4 Å². The minimum absolute atomic E-state index is 0.0283. The molecule has 0 saturated heterocycles. The van der Waals surface area contributed by atoms with Crippen molar-refractivity contribution in [2.24, 2.45) is 0 Å². The second kappa shape index (κ2) is 15.8. The second-order valence-electron chi connectivity index (χ2n) is 12.3. The van der Waals surface area contributed by atoms with Crippen LogP contribution in [0.5, 0.6) is 5.75 Å². The molecule has 0 fully saturated rings. The molecule has 0 saturated carbocycles. The second-order valence-corrected chi connectivity index (χ2v) is 14.5. The number of carbonyl (C=O) groups is 2. The third-order valence-corrected chi connectivity index (χ3v) is 10.0. The smallest absolute Gasteiger partial charge is 0.364 e. The molecule has 3 N–H and O–H groups in total. The summed E-state index contributed by atoms with van der Waals surface area (Å²) in [5.41, 5.74) is 12.3. The molecule has 0 unspecified atom stereocenters. The summed E-state index contributed by atoms with van der Waals surface area (Å²) in [4.78, 5) is 31.8. The largest absolute Gasteiger partial charge is 0.420 e. The molecule has 0 aliphatic carbocycles. The van der Waals surface area contributed by atoms with Crippen molar-refractivity contribution in [3.8, 4) is 39.6 Å². The number of carbonyl (C=O) groups excluding carboxylic acids is 2. The van der Waals surface area contributed by atoms with Gasteiger partial charge in [0.15, 0.2) is 17.1 Å². The van der Waals surface area contributed by atoms with Gasteiger partial charge in [0, 0.05) is 60.6 Å². The first-order valence-electron chi connectivity index (χ1n) is 16.5. The van der Waals surface area contributed by atoms with Crippen molar-refractivity contribution in [1.29, 1.82) is 0 Å². The lowest BCUT2D eigenvalue weighted by Crippen LogP contribution is -2.25. The zero-order chi connectivity index (χ0) is 39.0. The number of hydrogen-bond donors (Lipinski definition) is 2. The highest BCUT2D eigenvalue weighted by Crippen LogP contribution is 2.35. The van der Waals surface area contributed by atoms with Gasteiger partial charge in [-0.25, -0.2) is 14.2 Å². The maximum absolute atomic E-state index is 13.9. The lowest BCUT2D eigenvalue weighted by molar-refractivity contribution is 0.0725. The third kappa shape index (κ3) is 7.78. The molecule has 1 amide bonds. The first kappa shape index (κ1) is 37.9. The SMILES string of the molecule is Cc1c(C(=O)NCc2ccncc2OC(=O)c2nn(-c3ccc(Cl)cc3Cl)c(-c3ccc(Cl)cc3)c2C)nn(-c2ccc(Cl)cc2N)c1-c1ccc(Cl)cc1. The Morgan fingerprint density at radius 2 is 1.22 bits per heavy atom. The van der Waals surface area contributed by atoms with Gasteiger partial charge in [0.05, 0.1) is 39.7 Å². The van der Waals surface area contributed by atoms with Crippen LogP contribution in [-0.2, 0) is 6.54 Å². The number of rotatable bonds is 9. The number of halogens is 5. The molecule has 4 aromatic carbocycles. The van der Waals surface area contributed by atoms with Crippen molar-refractivity contribution in [2.75, 3.05) is 5.73 Å². The molecule has 0 spiro atoms. The maximum Gasteiger partial charge on any atom is 0.364 e. The van der Waals surface area contributed by atoms with Crippen molar-refractivity contribution < 1.29 is 14.3 Å². The average molecular weight is 832 g/mol. The van der Waals surface area contributed by atoms with Gasteiger partial charge in [-0.2, -0.15) is 10.2 Å². The van der Waals surface area contributed by atoms with Crippen LogP contribution in [0.3, 0.4) is 0 Å². The van der Waals surface area contributed by atoms with E-state index in [1.165, 1.54) is 12.4 Å². The minimum Gasteiger partial charge on any atom is -0.420 e. The van der Waals surface area contributed by atoms with E-state index in [4.69, 9.17) is 73.6 Å². The molecule has 7 aromatic rings. The van der Waals surface area contributed by atoms with E-state index in [1.807, 2.05) is 24.3 Å². The standard InChI is InChI=1S/C40H28Cl5N7O3/c1-21-35(49-52(33-14-12-29(44)18-31(33)46)37(21)23-3-7-26(41)8-4-23)39(53)48-19-25-15-16-47-20-34(25)55-40(54)36-22(2)38(24-5-9-27(42)10-6-24)51(50-36)32-13-11-28(43)17-30(32)45/h3-18,20H,19,46H2,1-2H3,(H,48,53). The minimum atomic E-state index is -0.750. The lowest BCUT2D eigenvalue weighted by Gasteiger charge is -2.11. The summed E-state index contributed by atoms with van der Waals surface area (Å²) in [6, 6.07) is 25.9. The van der Waals surface area contributed by atoms with Gasteiger partial charge in [-0.1, -0.05) is 82.3 Å². The average Bonchev–Trinajstić information content (AvgIpc) is 3.68. The van der Waals surface area contributed by atoms with Gasteiger partial charge in [0.1, 0.15) is 0 Å². The Bertz CT molecular complexity index is 2600. The molecular weight excluding hydrogens is 804 g/mol. The Morgan fingerprint density at radius 3 is 1.82 bits per heavy atom. The molecule has 0 radical (unpaired) electrons. The van der Waals surface area contributed by atoms with E-state index in [2.05, 4.69) is 15.4 Å². The summed E-state index contributed by atoms with van der Waals surface area (Å²) < 4.78 is 9.07. The van der Waals surface area contributed by atoms with Crippen molar-refractivity contribution >= 4 is 75.6 Å². The molecule has 0 aliphatic heterocycles. The molecule has 3 heterocycles. The predicted octanol–water partition coefficient (Wildman–Crippen LogP) is 10.4. The topological polar surface area (TPSA) is 130 Å². The molecule has 276 valence electrons. The van der Waals surface area contributed by atoms with Gasteiger partial charge in [0.2, 0.25) is 0 Å². The number of hydrogen-bond acceptors (Lipinski definition) is 7.